The molecule has 4 heteroatoms. The van der Waals surface area contributed by atoms with E-state index in [4.69, 9.17) is 23.2 Å². The third-order valence-corrected chi connectivity index (χ3v) is 3.59. The molecule has 1 unspecified atom stereocenters. The minimum atomic E-state index is 0.141. The van der Waals surface area contributed by atoms with Crippen molar-refractivity contribution >= 4 is 28.9 Å². The van der Waals surface area contributed by atoms with Gasteiger partial charge in [-0.1, -0.05) is 29.3 Å². The maximum absolute atomic E-state index is 6.02. The van der Waals surface area contributed by atoms with Crippen molar-refractivity contribution in [2.45, 2.75) is 19.9 Å². The van der Waals surface area contributed by atoms with E-state index in [1.165, 1.54) is 0 Å². The standard InChI is InChI=1S/C14H14Cl2N2/c1-9-5-6-17-8-14(9)18-10(2)11-3-4-12(15)13(16)7-11/h3-8,10,18H,1-2H3. The normalized spacial score (nSPS) is 12.2. The zero-order chi connectivity index (χ0) is 13.1. The van der Waals surface area contributed by atoms with Crippen LogP contribution < -0.4 is 5.32 Å². The summed E-state index contributed by atoms with van der Waals surface area (Å²) in [4.78, 5) is 4.11. The predicted molar refractivity (Wildman–Crippen MR) is 77.5 cm³/mol. The van der Waals surface area contributed by atoms with Gasteiger partial charge < -0.3 is 5.32 Å². The summed E-state index contributed by atoms with van der Waals surface area (Å²) in [5, 5.41) is 4.56. The fourth-order valence-electron chi connectivity index (χ4n) is 1.71. The lowest BCUT2D eigenvalue weighted by Gasteiger charge is -2.17. The lowest BCUT2D eigenvalue weighted by Crippen LogP contribution is -2.07. The number of hydrogen-bond acceptors (Lipinski definition) is 2. The third kappa shape index (κ3) is 2.95. The van der Waals surface area contributed by atoms with Crippen molar-refractivity contribution < 1.29 is 0 Å². The number of hydrogen-bond donors (Lipinski definition) is 1. The van der Waals surface area contributed by atoms with Crippen LogP contribution in [-0.4, -0.2) is 4.98 Å². The minimum Gasteiger partial charge on any atom is -0.377 e. The molecule has 0 spiro atoms. The second-order valence-electron chi connectivity index (χ2n) is 4.23. The number of benzene rings is 1. The van der Waals surface area contributed by atoms with Gasteiger partial charge in [-0.3, -0.25) is 4.98 Å². The van der Waals surface area contributed by atoms with Crippen LogP contribution in [0.1, 0.15) is 24.1 Å². The number of nitrogens with zero attached hydrogens (tertiary/aromatic N) is 1. The average molecular weight is 281 g/mol. The minimum absolute atomic E-state index is 0.141. The van der Waals surface area contributed by atoms with Crippen LogP contribution in [0.15, 0.2) is 36.7 Å². The Bertz CT molecular complexity index is 555. The van der Waals surface area contributed by atoms with Crippen molar-refractivity contribution in [1.29, 1.82) is 0 Å². The molecule has 2 nitrogen and oxygen atoms in total. The molecule has 1 N–H and O–H groups in total. The van der Waals surface area contributed by atoms with E-state index < -0.39 is 0 Å². The van der Waals surface area contributed by atoms with Crippen LogP contribution >= 0.6 is 23.2 Å². The Morgan fingerprint density at radius 1 is 1.17 bits per heavy atom. The third-order valence-electron chi connectivity index (χ3n) is 2.85. The Balaban J connectivity index is 2.19. The number of nitrogens with one attached hydrogen (secondary N) is 1. The molecule has 0 radical (unpaired) electrons. The van der Waals surface area contributed by atoms with Gasteiger partial charge in [-0.25, -0.2) is 0 Å². The molecule has 2 aromatic rings. The summed E-state index contributed by atoms with van der Waals surface area (Å²) >= 11 is 11.9. The van der Waals surface area contributed by atoms with Gasteiger partial charge in [-0.2, -0.15) is 0 Å². The summed E-state index contributed by atoms with van der Waals surface area (Å²) in [7, 11) is 0. The van der Waals surface area contributed by atoms with E-state index in [1.54, 1.807) is 6.20 Å². The van der Waals surface area contributed by atoms with Crippen LogP contribution in [0.25, 0.3) is 0 Å². The lowest BCUT2D eigenvalue weighted by atomic mass is 10.1. The number of aromatic nitrogens is 1. The van der Waals surface area contributed by atoms with Crippen LogP contribution in [0.5, 0.6) is 0 Å². The van der Waals surface area contributed by atoms with E-state index in [1.807, 2.05) is 37.4 Å². The molecule has 1 atom stereocenters. The smallest absolute Gasteiger partial charge is 0.0595 e. The Kier molecular flexibility index (Phi) is 4.10. The highest BCUT2D eigenvalue weighted by Crippen LogP contribution is 2.27. The van der Waals surface area contributed by atoms with Gasteiger partial charge in [0.25, 0.3) is 0 Å². The van der Waals surface area contributed by atoms with E-state index in [2.05, 4.69) is 17.2 Å². The van der Waals surface area contributed by atoms with Gasteiger partial charge in [0.2, 0.25) is 0 Å². The molecule has 0 aliphatic carbocycles. The summed E-state index contributed by atoms with van der Waals surface area (Å²) in [5.41, 5.74) is 3.28. The van der Waals surface area contributed by atoms with E-state index in [0.717, 1.165) is 16.8 Å². The molecule has 18 heavy (non-hydrogen) atoms. The number of halogens is 2. The first-order chi connectivity index (χ1) is 8.58. The molecule has 1 aromatic carbocycles. The van der Waals surface area contributed by atoms with Gasteiger partial charge in [-0.15, -0.1) is 0 Å². The second-order valence-corrected chi connectivity index (χ2v) is 5.04. The van der Waals surface area contributed by atoms with Crippen LogP contribution in [0, 0.1) is 6.92 Å². The summed E-state index contributed by atoms with van der Waals surface area (Å²) in [6.07, 6.45) is 3.60. The first-order valence-corrected chi connectivity index (χ1v) is 6.45. The maximum Gasteiger partial charge on any atom is 0.0595 e. The largest absolute Gasteiger partial charge is 0.377 e. The molecule has 1 aromatic heterocycles. The summed E-state index contributed by atoms with van der Waals surface area (Å²) in [6.45, 7) is 4.12. The van der Waals surface area contributed by atoms with Gasteiger partial charge in [0.1, 0.15) is 0 Å². The lowest BCUT2D eigenvalue weighted by molar-refractivity contribution is 0.880. The number of pyridine rings is 1. The van der Waals surface area contributed by atoms with Gasteiger partial charge in [0.05, 0.1) is 21.9 Å². The molecular weight excluding hydrogens is 267 g/mol. The zero-order valence-electron chi connectivity index (χ0n) is 10.2. The van der Waals surface area contributed by atoms with Crippen LogP contribution in [0.3, 0.4) is 0 Å². The average Bonchev–Trinajstić information content (AvgIpc) is 2.35. The topological polar surface area (TPSA) is 24.9 Å². The monoisotopic (exact) mass is 280 g/mol. The molecule has 0 amide bonds. The number of anilines is 1. The molecular formula is C14H14Cl2N2. The number of rotatable bonds is 3. The van der Waals surface area contributed by atoms with Gasteiger partial charge in [0, 0.05) is 12.2 Å². The summed E-state index contributed by atoms with van der Waals surface area (Å²) in [6, 6.07) is 7.78. The van der Waals surface area contributed by atoms with Crippen molar-refractivity contribution in [1.82, 2.24) is 4.98 Å². The van der Waals surface area contributed by atoms with Crippen molar-refractivity contribution in [2.24, 2.45) is 0 Å². The molecule has 0 bridgehead atoms. The summed E-state index contributed by atoms with van der Waals surface area (Å²) in [5.74, 6) is 0. The fraction of sp³-hybridized carbons (Fsp3) is 0.214. The van der Waals surface area contributed by atoms with Crippen molar-refractivity contribution in [3.8, 4) is 0 Å². The molecule has 2 rings (SSSR count). The number of aryl methyl sites for hydroxylation is 1. The predicted octanol–water partition coefficient (Wildman–Crippen LogP) is 4.87. The Morgan fingerprint density at radius 3 is 2.61 bits per heavy atom. The highest BCUT2D eigenvalue weighted by Gasteiger charge is 2.08. The fourth-order valence-corrected chi connectivity index (χ4v) is 2.02. The highest BCUT2D eigenvalue weighted by atomic mass is 35.5. The molecule has 0 saturated carbocycles. The van der Waals surface area contributed by atoms with Crippen molar-refractivity contribution in [3.05, 3.63) is 57.8 Å². The maximum atomic E-state index is 6.02. The zero-order valence-corrected chi connectivity index (χ0v) is 11.8. The van der Waals surface area contributed by atoms with Crippen LogP contribution in [0.4, 0.5) is 5.69 Å². The Labute approximate surface area is 117 Å². The van der Waals surface area contributed by atoms with E-state index in [9.17, 15) is 0 Å². The van der Waals surface area contributed by atoms with Crippen LogP contribution in [-0.2, 0) is 0 Å². The molecule has 1 heterocycles. The molecule has 0 saturated heterocycles. The molecule has 0 fully saturated rings. The Morgan fingerprint density at radius 2 is 1.94 bits per heavy atom. The highest BCUT2D eigenvalue weighted by molar-refractivity contribution is 6.42. The van der Waals surface area contributed by atoms with Crippen LogP contribution in [0.2, 0.25) is 10.0 Å². The second kappa shape index (κ2) is 5.59. The SMILES string of the molecule is Cc1ccncc1NC(C)c1ccc(Cl)c(Cl)c1. The molecule has 94 valence electrons. The van der Waals surface area contributed by atoms with Crippen molar-refractivity contribution in [2.75, 3.05) is 5.32 Å². The Hall–Kier alpha value is -1.25. The molecule has 0 aliphatic rings. The van der Waals surface area contributed by atoms with Crippen molar-refractivity contribution in [3.63, 3.8) is 0 Å². The first-order valence-electron chi connectivity index (χ1n) is 5.70. The molecule has 0 aliphatic heterocycles. The van der Waals surface area contributed by atoms with E-state index in [-0.39, 0.29) is 6.04 Å². The van der Waals surface area contributed by atoms with Gasteiger partial charge in [-0.05, 0) is 43.2 Å². The van der Waals surface area contributed by atoms with Gasteiger partial charge >= 0.3 is 0 Å². The first kappa shape index (κ1) is 13.2. The van der Waals surface area contributed by atoms with E-state index >= 15 is 0 Å². The van der Waals surface area contributed by atoms with Gasteiger partial charge in [0.15, 0.2) is 0 Å². The quantitative estimate of drug-likeness (QED) is 0.868. The summed E-state index contributed by atoms with van der Waals surface area (Å²) < 4.78 is 0. The van der Waals surface area contributed by atoms with E-state index in [0.29, 0.717) is 10.0 Å².